The van der Waals surface area contributed by atoms with Crippen molar-refractivity contribution in [3.05, 3.63) is 35.1 Å². The summed E-state index contributed by atoms with van der Waals surface area (Å²) < 4.78 is 18.5. The molecule has 0 aliphatic carbocycles. The summed E-state index contributed by atoms with van der Waals surface area (Å²) in [6.45, 7) is 3.95. The number of halogens is 1. The van der Waals surface area contributed by atoms with Crippen LogP contribution in [0.4, 0.5) is 4.39 Å². The molecule has 1 heterocycles. The first kappa shape index (κ1) is 13.5. The van der Waals surface area contributed by atoms with Crippen LogP contribution in [0.3, 0.4) is 0 Å². The van der Waals surface area contributed by atoms with Crippen LogP contribution in [0.2, 0.25) is 0 Å². The van der Waals surface area contributed by atoms with Gasteiger partial charge in [0.2, 0.25) is 0 Å². The fraction of sp³-hybridized carbons (Fsp3) is 0.571. The molecule has 100 valence electrons. The number of hydrogen-bond acceptors (Lipinski definition) is 3. The lowest BCUT2D eigenvalue weighted by atomic mass is 9.90. The van der Waals surface area contributed by atoms with Crippen LogP contribution in [0.5, 0.6) is 0 Å². The summed E-state index contributed by atoms with van der Waals surface area (Å²) in [5.41, 5.74) is 1.72. The molecule has 3 nitrogen and oxygen atoms in total. The van der Waals surface area contributed by atoms with Crippen molar-refractivity contribution in [1.82, 2.24) is 5.32 Å². The Balaban J connectivity index is 2.03. The Labute approximate surface area is 107 Å². The number of hydrogen-bond donors (Lipinski definition) is 2. The molecule has 0 bridgehead atoms. The fourth-order valence-corrected chi connectivity index (χ4v) is 2.27. The molecule has 1 aromatic carbocycles. The van der Waals surface area contributed by atoms with Gasteiger partial charge in [-0.05, 0) is 43.0 Å². The first-order valence-corrected chi connectivity index (χ1v) is 6.34. The number of ether oxygens (including phenoxy) is 1. The highest BCUT2D eigenvalue weighted by Gasteiger charge is 2.31. The Hall–Kier alpha value is -0.970. The average molecular weight is 253 g/mol. The lowest BCUT2D eigenvalue weighted by Crippen LogP contribution is -2.51. The van der Waals surface area contributed by atoms with E-state index in [2.05, 4.69) is 5.32 Å². The standard InChI is InChI=1S/C14H20FNO2/c1-11-2-3-13(15)8-12(11)9-16-14(10-17)4-6-18-7-5-14/h2-3,8,16-17H,4-7,9-10H2,1H3. The quantitative estimate of drug-likeness (QED) is 0.859. The molecule has 0 amide bonds. The van der Waals surface area contributed by atoms with Crippen molar-refractivity contribution in [2.75, 3.05) is 19.8 Å². The lowest BCUT2D eigenvalue weighted by molar-refractivity contribution is 0.0111. The number of rotatable bonds is 4. The smallest absolute Gasteiger partial charge is 0.123 e. The summed E-state index contributed by atoms with van der Waals surface area (Å²) in [5.74, 6) is -0.220. The Morgan fingerprint density at radius 2 is 2.11 bits per heavy atom. The number of nitrogens with one attached hydrogen (secondary N) is 1. The van der Waals surface area contributed by atoms with E-state index < -0.39 is 0 Å². The minimum Gasteiger partial charge on any atom is -0.394 e. The summed E-state index contributed by atoms with van der Waals surface area (Å²) >= 11 is 0. The van der Waals surface area contributed by atoms with E-state index in [1.54, 1.807) is 12.1 Å². The summed E-state index contributed by atoms with van der Waals surface area (Å²) in [6.07, 6.45) is 1.58. The number of benzene rings is 1. The van der Waals surface area contributed by atoms with Crippen molar-refractivity contribution in [2.45, 2.75) is 31.8 Å². The van der Waals surface area contributed by atoms with Gasteiger partial charge in [0.15, 0.2) is 0 Å². The molecule has 1 fully saturated rings. The van der Waals surface area contributed by atoms with Crippen LogP contribution < -0.4 is 5.32 Å². The molecule has 1 saturated heterocycles. The Morgan fingerprint density at radius 3 is 2.78 bits per heavy atom. The first-order valence-electron chi connectivity index (χ1n) is 6.34. The third-order valence-electron chi connectivity index (χ3n) is 3.72. The largest absolute Gasteiger partial charge is 0.394 e. The fourth-order valence-electron chi connectivity index (χ4n) is 2.27. The van der Waals surface area contributed by atoms with Gasteiger partial charge in [0.1, 0.15) is 5.82 Å². The zero-order valence-electron chi connectivity index (χ0n) is 10.7. The minimum atomic E-state index is -0.281. The van der Waals surface area contributed by atoms with E-state index >= 15 is 0 Å². The first-order chi connectivity index (χ1) is 8.65. The molecule has 2 rings (SSSR count). The van der Waals surface area contributed by atoms with Crippen LogP contribution in [0.1, 0.15) is 24.0 Å². The van der Waals surface area contributed by atoms with Crippen molar-refractivity contribution in [1.29, 1.82) is 0 Å². The van der Waals surface area contributed by atoms with Gasteiger partial charge in [-0.1, -0.05) is 6.07 Å². The number of aryl methyl sites for hydroxylation is 1. The van der Waals surface area contributed by atoms with Gasteiger partial charge in [0.25, 0.3) is 0 Å². The van der Waals surface area contributed by atoms with E-state index in [0.717, 1.165) is 24.0 Å². The van der Waals surface area contributed by atoms with E-state index in [0.29, 0.717) is 19.8 Å². The maximum Gasteiger partial charge on any atom is 0.123 e. The molecule has 0 saturated carbocycles. The van der Waals surface area contributed by atoms with Crippen molar-refractivity contribution in [2.24, 2.45) is 0 Å². The van der Waals surface area contributed by atoms with E-state index in [4.69, 9.17) is 4.74 Å². The number of aliphatic hydroxyl groups is 1. The molecule has 1 aliphatic rings. The zero-order valence-corrected chi connectivity index (χ0v) is 10.7. The summed E-state index contributed by atoms with van der Waals surface area (Å²) in [5, 5.41) is 12.9. The molecule has 0 radical (unpaired) electrons. The molecular formula is C14H20FNO2. The third-order valence-corrected chi connectivity index (χ3v) is 3.72. The summed E-state index contributed by atoms with van der Waals surface area (Å²) in [7, 11) is 0. The van der Waals surface area contributed by atoms with Crippen molar-refractivity contribution in [3.63, 3.8) is 0 Å². The summed E-state index contributed by atoms with van der Waals surface area (Å²) in [4.78, 5) is 0. The van der Waals surface area contributed by atoms with Gasteiger partial charge in [0.05, 0.1) is 6.61 Å². The van der Waals surface area contributed by atoms with Gasteiger partial charge in [-0.15, -0.1) is 0 Å². The number of aliphatic hydroxyl groups excluding tert-OH is 1. The van der Waals surface area contributed by atoms with Crippen molar-refractivity contribution in [3.8, 4) is 0 Å². The van der Waals surface area contributed by atoms with E-state index in [1.165, 1.54) is 6.07 Å². The Morgan fingerprint density at radius 1 is 1.39 bits per heavy atom. The van der Waals surface area contributed by atoms with Crippen LogP contribution in [-0.2, 0) is 11.3 Å². The van der Waals surface area contributed by atoms with E-state index in [1.807, 2.05) is 6.92 Å². The molecule has 0 aromatic heterocycles. The van der Waals surface area contributed by atoms with Gasteiger partial charge in [-0.3, -0.25) is 0 Å². The zero-order chi connectivity index (χ0) is 13.0. The molecule has 0 unspecified atom stereocenters. The maximum absolute atomic E-state index is 13.2. The van der Waals surface area contributed by atoms with E-state index in [9.17, 15) is 9.50 Å². The molecule has 1 aromatic rings. The molecular weight excluding hydrogens is 233 g/mol. The van der Waals surface area contributed by atoms with Crippen molar-refractivity contribution >= 4 is 0 Å². The van der Waals surface area contributed by atoms with Gasteiger partial charge < -0.3 is 15.2 Å². The molecule has 0 spiro atoms. The lowest BCUT2D eigenvalue weighted by Gasteiger charge is -2.36. The highest BCUT2D eigenvalue weighted by atomic mass is 19.1. The highest BCUT2D eigenvalue weighted by Crippen LogP contribution is 2.21. The average Bonchev–Trinajstić information content (AvgIpc) is 2.41. The molecule has 2 N–H and O–H groups in total. The predicted octanol–water partition coefficient (Wildman–Crippen LogP) is 1.77. The van der Waals surface area contributed by atoms with Gasteiger partial charge in [-0.2, -0.15) is 0 Å². The molecule has 4 heteroatoms. The summed E-state index contributed by atoms with van der Waals surface area (Å²) in [6, 6.07) is 4.80. The van der Waals surface area contributed by atoms with Crippen LogP contribution in [0.25, 0.3) is 0 Å². The molecule has 18 heavy (non-hydrogen) atoms. The third kappa shape index (κ3) is 3.07. The normalized spacial score (nSPS) is 18.8. The second-order valence-corrected chi connectivity index (χ2v) is 4.98. The second kappa shape index (κ2) is 5.78. The van der Waals surface area contributed by atoms with Crippen LogP contribution in [0.15, 0.2) is 18.2 Å². The van der Waals surface area contributed by atoms with Gasteiger partial charge >= 0.3 is 0 Å². The Bertz CT molecular complexity index is 403. The topological polar surface area (TPSA) is 41.5 Å². The minimum absolute atomic E-state index is 0.0880. The van der Waals surface area contributed by atoms with Crippen LogP contribution in [-0.4, -0.2) is 30.5 Å². The monoisotopic (exact) mass is 253 g/mol. The van der Waals surface area contributed by atoms with Gasteiger partial charge in [-0.25, -0.2) is 4.39 Å². The van der Waals surface area contributed by atoms with E-state index in [-0.39, 0.29) is 18.0 Å². The molecule has 0 atom stereocenters. The van der Waals surface area contributed by atoms with Gasteiger partial charge in [0, 0.05) is 25.3 Å². The second-order valence-electron chi connectivity index (χ2n) is 4.98. The molecule has 1 aliphatic heterocycles. The van der Waals surface area contributed by atoms with Crippen LogP contribution >= 0.6 is 0 Å². The maximum atomic E-state index is 13.2. The SMILES string of the molecule is Cc1ccc(F)cc1CNC1(CO)CCOCC1. The Kier molecular flexibility index (Phi) is 4.32. The van der Waals surface area contributed by atoms with Crippen LogP contribution in [0, 0.1) is 12.7 Å². The predicted molar refractivity (Wildman–Crippen MR) is 67.8 cm³/mol. The van der Waals surface area contributed by atoms with Crippen molar-refractivity contribution < 1.29 is 14.2 Å². The highest BCUT2D eigenvalue weighted by molar-refractivity contribution is 5.26.